The molecule has 222 valence electrons. The number of nitrogens with two attached hydrogens (primary N) is 2. The molecule has 3 rings (SSSR count). The number of nitrogens with one attached hydrogen (secondary N) is 1. The van der Waals surface area contributed by atoms with E-state index in [1.807, 2.05) is 13.8 Å². The lowest BCUT2D eigenvalue weighted by atomic mass is 9.70. The molecule has 5 N–H and O–H groups in total. The molecule has 12 heteroatoms. The van der Waals surface area contributed by atoms with E-state index in [9.17, 15) is 22.8 Å². The summed E-state index contributed by atoms with van der Waals surface area (Å²) in [5.74, 6) is -1.04. The molecule has 2 bridgehead atoms. The number of rotatable bonds is 12. The van der Waals surface area contributed by atoms with Gasteiger partial charge in [0.2, 0.25) is 15.9 Å². The maximum atomic E-state index is 13.4. The number of carbonyl (C=O) groups excluding carboxylic acids is 3. The highest BCUT2D eigenvalue weighted by Gasteiger charge is 2.65. The fourth-order valence-corrected chi connectivity index (χ4v) is 7.83. The number of aliphatic imine (C=N–C) groups is 1. The average molecular weight is 579 g/mol. The van der Waals surface area contributed by atoms with E-state index in [1.54, 1.807) is 45.0 Å². The highest BCUT2D eigenvalue weighted by molar-refractivity contribution is 7.89. The van der Waals surface area contributed by atoms with Crippen LogP contribution in [0.5, 0.6) is 5.75 Å². The minimum absolute atomic E-state index is 0.0101. The Kier molecular flexibility index (Phi) is 9.35. The number of esters is 1. The maximum absolute atomic E-state index is 13.4. The van der Waals surface area contributed by atoms with Crippen molar-refractivity contribution in [1.29, 1.82) is 0 Å². The summed E-state index contributed by atoms with van der Waals surface area (Å²) >= 11 is 0. The lowest BCUT2D eigenvalue weighted by molar-refractivity contribution is -0.156. The third-order valence-electron chi connectivity index (χ3n) is 8.01. The SMILES string of the molecule is CC(C)(C)OC(=O)[C@H](Cc1ccc(OCCCC(=O)N=C(N)N)cc1)NS(=O)(=O)C[C@]12CCC(CC1=O)C2(C)C. The molecule has 2 aliphatic rings. The molecule has 1 amide bonds. The number of hydrogen-bond donors (Lipinski definition) is 3. The van der Waals surface area contributed by atoms with Crippen LogP contribution < -0.4 is 20.9 Å². The Balaban J connectivity index is 1.68. The van der Waals surface area contributed by atoms with E-state index in [0.29, 0.717) is 30.6 Å². The number of Topliss-reactive ketones (excluding diaryl/α,β-unsaturated/α-hetero) is 1. The first-order valence-electron chi connectivity index (χ1n) is 13.5. The van der Waals surface area contributed by atoms with E-state index in [0.717, 1.165) is 6.42 Å². The third kappa shape index (κ3) is 7.60. The van der Waals surface area contributed by atoms with Gasteiger partial charge >= 0.3 is 5.97 Å². The van der Waals surface area contributed by atoms with Crippen molar-refractivity contribution in [2.24, 2.45) is 33.2 Å². The highest BCUT2D eigenvalue weighted by atomic mass is 32.2. The predicted molar refractivity (Wildman–Crippen MR) is 151 cm³/mol. The Hall–Kier alpha value is -2.99. The van der Waals surface area contributed by atoms with Crippen LogP contribution in [0.4, 0.5) is 0 Å². The van der Waals surface area contributed by atoms with Crippen LogP contribution in [0.15, 0.2) is 29.3 Å². The molecule has 1 unspecified atom stereocenters. The minimum atomic E-state index is -4.02. The molecule has 1 aromatic rings. The van der Waals surface area contributed by atoms with Crippen LogP contribution in [0.1, 0.15) is 72.3 Å². The zero-order valence-corrected chi connectivity index (χ0v) is 24.8. The van der Waals surface area contributed by atoms with Crippen molar-refractivity contribution in [3.05, 3.63) is 29.8 Å². The van der Waals surface area contributed by atoms with Gasteiger partial charge in [0, 0.05) is 18.3 Å². The number of nitrogens with zero attached hydrogens (tertiary/aromatic N) is 1. The van der Waals surface area contributed by atoms with Crippen molar-refractivity contribution in [2.45, 2.75) is 84.8 Å². The van der Waals surface area contributed by atoms with Crippen molar-refractivity contribution in [1.82, 2.24) is 4.72 Å². The van der Waals surface area contributed by atoms with Crippen LogP contribution in [0.3, 0.4) is 0 Å². The second-order valence-corrected chi connectivity index (χ2v) is 14.1. The summed E-state index contributed by atoms with van der Waals surface area (Å²) in [5, 5.41) is 0. The largest absolute Gasteiger partial charge is 0.494 e. The van der Waals surface area contributed by atoms with Gasteiger partial charge in [-0.05, 0) is 75.5 Å². The molecule has 2 saturated carbocycles. The lowest BCUT2D eigenvalue weighted by Crippen LogP contribution is -2.50. The Bertz CT molecular complexity index is 1250. The summed E-state index contributed by atoms with van der Waals surface area (Å²) in [6.07, 6.45) is 2.36. The number of guanidine groups is 1. The van der Waals surface area contributed by atoms with Gasteiger partial charge in [-0.3, -0.25) is 14.4 Å². The van der Waals surface area contributed by atoms with Gasteiger partial charge < -0.3 is 20.9 Å². The van der Waals surface area contributed by atoms with E-state index in [4.69, 9.17) is 20.9 Å². The topological polar surface area (TPSA) is 180 Å². The number of ketones is 1. The molecule has 11 nitrogen and oxygen atoms in total. The lowest BCUT2D eigenvalue weighted by Gasteiger charge is -2.36. The molecule has 1 aromatic carbocycles. The Morgan fingerprint density at radius 1 is 1.18 bits per heavy atom. The molecule has 2 aliphatic carbocycles. The number of ether oxygens (including phenoxy) is 2. The number of carbonyl (C=O) groups is 3. The fourth-order valence-electron chi connectivity index (χ4n) is 5.81. The van der Waals surface area contributed by atoms with Crippen LogP contribution >= 0.6 is 0 Å². The van der Waals surface area contributed by atoms with Gasteiger partial charge in [0.05, 0.1) is 12.4 Å². The maximum Gasteiger partial charge on any atom is 0.325 e. The van der Waals surface area contributed by atoms with Crippen molar-refractivity contribution in [2.75, 3.05) is 12.4 Å². The molecule has 40 heavy (non-hydrogen) atoms. The van der Waals surface area contributed by atoms with Crippen molar-refractivity contribution in [3.8, 4) is 5.75 Å². The van der Waals surface area contributed by atoms with E-state index in [1.165, 1.54) is 0 Å². The first-order valence-corrected chi connectivity index (χ1v) is 15.2. The summed E-state index contributed by atoms with van der Waals surface area (Å²) in [4.78, 5) is 41.0. The summed E-state index contributed by atoms with van der Waals surface area (Å²) in [7, 11) is -4.02. The number of hydrogen-bond acceptors (Lipinski definition) is 7. The van der Waals surface area contributed by atoms with Gasteiger partial charge in [0.25, 0.3) is 0 Å². The van der Waals surface area contributed by atoms with Gasteiger partial charge in [-0.15, -0.1) is 0 Å². The Labute approximate surface area is 236 Å². The van der Waals surface area contributed by atoms with Gasteiger partial charge in [0.15, 0.2) is 5.96 Å². The van der Waals surface area contributed by atoms with Gasteiger partial charge in [-0.25, -0.2) is 13.1 Å². The van der Waals surface area contributed by atoms with Gasteiger partial charge in [-0.1, -0.05) is 26.0 Å². The third-order valence-corrected chi connectivity index (χ3v) is 9.53. The Morgan fingerprint density at radius 3 is 2.35 bits per heavy atom. The van der Waals surface area contributed by atoms with Crippen molar-refractivity contribution < 1.29 is 32.3 Å². The van der Waals surface area contributed by atoms with E-state index >= 15 is 0 Å². The zero-order valence-electron chi connectivity index (χ0n) is 24.0. The molecular weight excluding hydrogens is 536 g/mol. The van der Waals surface area contributed by atoms with Crippen LogP contribution in [-0.4, -0.2) is 56.0 Å². The highest BCUT2D eigenvalue weighted by Crippen LogP contribution is 2.64. The van der Waals surface area contributed by atoms with Crippen LogP contribution in [0.25, 0.3) is 0 Å². The van der Waals surface area contributed by atoms with Crippen molar-refractivity contribution in [3.63, 3.8) is 0 Å². The molecule has 3 atom stereocenters. The summed E-state index contributed by atoms with van der Waals surface area (Å²) in [6.45, 7) is 9.35. The molecule has 0 aliphatic heterocycles. The Morgan fingerprint density at radius 2 is 1.82 bits per heavy atom. The van der Waals surface area contributed by atoms with E-state index < -0.39 is 44.4 Å². The monoisotopic (exact) mass is 578 g/mol. The molecule has 0 radical (unpaired) electrons. The fraction of sp³-hybridized carbons (Fsp3) is 0.643. The molecular formula is C28H42N4O7S. The first-order chi connectivity index (χ1) is 18.4. The van der Waals surface area contributed by atoms with E-state index in [-0.39, 0.29) is 42.9 Å². The zero-order chi connectivity index (χ0) is 29.9. The second kappa shape index (κ2) is 11.9. The standard InChI is InChI=1S/C28H42N4O7S/c1-26(2,3)39-24(35)21(32-40(36,37)17-28-13-12-19(16-22(28)33)27(28,4)5)15-18-8-10-20(11-9-18)38-14-6-7-23(34)31-25(29)30/h8-11,19,21,32H,6-7,12-17H2,1-5H3,(H4,29,30,31,34)/t19?,21-,28+/m0/s1. The minimum Gasteiger partial charge on any atom is -0.494 e. The van der Waals surface area contributed by atoms with Gasteiger partial charge in [0.1, 0.15) is 23.2 Å². The quantitative estimate of drug-likeness (QED) is 0.145. The summed E-state index contributed by atoms with van der Waals surface area (Å²) in [5.41, 5.74) is 8.86. The predicted octanol–water partition coefficient (Wildman–Crippen LogP) is 2.21. The number of sulfonamides is 1. The molecule has 0 heterocycles. The van der Waals surface area contributed by atoms with Crippen LogP contribution in [0.2, 0.25) is 0 Å². The molecule has 0 spiro atoms. The molecule has 2 fully saturated rings. The first kappa shape index (κ1) is 31.5. The number of fused-ring (bicyclic) bond motifs is 2. The molecule has 0 saturated heterocycles. The van der Waals surface area contributed by atoms with Gasteiger partial charge in [-0.2, -0.15) is 4.99 Å². The summed E-state index contributed by atoms with van der Waals surface area (Å²) in [6, 6.07) is 5.69. The van der Waals surface area contributed by atoms with E-state index in [2.05, 4.69) is 9.71 Å². The normalized spacial score (nSPS) is 22.5. The van der Waals surface area contributed by atoms with Crippen molar-refractivity contribution >= 4 is 33.6 Å². The van der Waals surface area contributed by atoms with Crippen LogP contribution in [-0.2, 0) is 35.6 Å². The smallest absolute Gasteiger partial charge is 0.325 e. The second-order valence-electron chi connectivity index (χ2n) is 12.4. The number of benzene rings is 1. The number of amides is 1. The summed E-state index contributed by atoms with van der Waals surface area (Å²) < 4.78 is 40.6. The van der Waals surface area contributed by atoms with Crippen LogP contribution in [0, 0.1) is 16.7 Å². The average Bonchev–Trinajstić information content (AvgIpc) is 3.15. The molecule has 0 aromatic heterocycles.